The van der Waals surface area contributed by atoms with Gasteiger partial charge in [-0.3, -0.25) is 4.79 Å². The molecule has 0 aliphatic carbocycles. The number of carbonyl (C=O) groups is 1. The van der Waals surface area contributed by atoms with Crippen LogP contribution in [0.4, 0.5) is 10.1 Å². The molecule has 116 valence electrons. The van der Waals surface area contributed by atoms with Crippen molar-refractivity contribution in [1.29, 1.82) is 0 Å². The Kier molecular flexibility index (Phi) is 3.98. The van der Waals surface area contributed by atoms with Crippen molar-refractivity contribution in [1.82, 2.24) is 0 Å². The first-order valence-electron chi connectivity index (χ1n) is 7.28. The van der Waals surface area contributed by atoms with Crippen molar-refractivity contribution in [3.63, 3.8) is 0 Å². The van der Waals surface area contributed by atoms with Gasteiger partial charge in [0.15, 0.2) is 5.76 Å². The van der Waals surface area contributed by atoms with Crippen LogP contribution >= 0.6 is 0 Å². The molecule has 0 aliphatic heterocycles. The first kappa shape index (κ1) is 15.0. The van der Waals surface area contributed by atoms with E-state index in [0.29, 0.717) is 11.3 Å². The lowest BCUT2D eigenvalue weighted by molar-refractivity contribution is 0.0997. The molecule has 1 amide bonds. The molecular weight excluding hydrogens is 293 g/mol. The van der Waals surface area contributed by atoms with E-state index in [-0.39, 0.29) is 17.5 Å². The highest BCUT2D eigenvalue weighted by Crippen LogP contribution is 2.25. The summed E-state index contributed by atoms with van der Waals surface area (Å²) in [6, 6.07) is 15.1. The van der Waals surface area contributed by atoms with Crippen molar-refractivity contribution in [2.24, 2.45) is 0 Å². The maximum absolute atomic E-state index is 13.8. The van der Waals surface area contributed by atoms with E-state index in [4.69, 9.17) is 4.42 Å². The highest BCUT2D eigenvalue weighted by Gasteiger charge is 2.15. The van der Waals surface area contributed by atoms with Gasteiger partial charge in [0.25, 0.3) is 5.91 Å². The normalized spacial score (nSPS) is 10.6. The summed E-state index contributed by atoms with van der Waals surface area (Å²) in [4.78, 5) is 12.3. The molecule has 0 bridgehead atoms. The lowest BCUT2D eigenvalue weighted by atomic mass is 10.1. The van der Waals surface area contributed by atoms with Gasteiger partial charge in [0.05, 0.1) is 5.56 Å². The van der Waals surface area contributed by atoms with Crippen LogP contribution in [0.1, 0.15) is 21.7 Å². The van der Waals surface area contributed by atoms with Gasteiger partial charge in [-0.15, -0.1) is 0 Å². The van der Waals surface area contributed by atoms with Crippen LogP contribution in [0.15, 0.2) is 59.0 Å². The van der Waals surface area contributed by atoms with Gasteiger partial charge in [0, 0.05) is 5.69 Å². The molecule has 3 nitrogen and oxygen atoms in total. The Hall–Kier alpha value is -2.88. The van der Waals surface area contributed by atoms with Crippen molar-refractivity contribution in [2.45, 2.75) is 13.8 Å². The Bertz CT molecular complexity index is 867. The Morgan fingerprint density at radius 1 is 1.00 bits per heavy atom. The van der Waals surface area contributed by atoms with E-state index in [1.54, 1.807) is 30.3 Å². The number of amides is 1. The number of carbonyl (C=O) groups excluding carboxylic acids is 1. The van der Waals surface area contributed by atoms with Gasteiger partial charge in [-0.1, -0.05) is 24.3 Å². The summed E-state index contributed by atoms with van der Waals surface area (Å²) in [7, 11) is 0. The van der Waals surface area contributed by atoms with Crippen molar-refractivity contribution < 1.29 is 13.6 Å². The third-order valence-corrected chi connectivity index (χ3v) is 3.82. The predicted octanol–water partition coefficient (Wildman–Crippen LogP) is 4.95. The average molecular weight is 309 g/mol. The number of hydrogen-bond donors (Lipinski definition) is 1. The summed E-state index contributed by atoms with van der Waals surface area (Å²) < 4.78 is 19.3. The molecule has 0 unspecified atom stereocenters. The summed E-state index contributed by atoms with van der Waals surface area (Å²) in [5, 5.41) is 2.82. The molecule has 0 saturated carbocycles. The lowest BCUT2D eigenvalue weighted by Gasteiger charge is -2.09. The van der Waals surface area contributed by atoms with Crippen molar-refractivity contribution in [3.8, 4) is 11.3 Å². The Labute approximate surface area is 133 Å². The SMILES string of the molecule is Cc1cccc(NC(=O)c2ccc(-c3ccccc3F)o2)c1C. The predicted molar refractivity (Wildman–Crippen MR) is 88.0 cm³/mol. The molecule has 0 aliphatic rings. The molecule has 0 radical (unpaired) electrons. The number of anilines is 1. The molecule has 3 rings (SSSR count). The Morgan fingerprint density at radius 3 is 2.57 bits per heavy atom. The van der Waals surface area contributed by atoms with Gasteiger partial charge < -0.3 is 9.73 Å². The fourth-order valence-electron chi connectivity index (χ4n) is 2.34. The number of furan rings is 1. The van der Waals surface area contributed by atoms with Gasteiger partial charge in [-0.25, -0.2) is 4.39 Å². The van der Waals surface area contributed by atoms with Crippen LogP contribution in [-0.4, -0.2) is 5.91 Å². The fraction of sp³-hybridized carbons (Fsp3) is 0.105. The molecule has 1 heterocycles. The van der Waals surface area contributed by atoms with Crippen LogP contribution in [-0.2, 0) is 0 Å². The van der Waals surface area contributed by atoms with Crippen LogP contribution in [0.2, 0.25) is 0 Å². The molecule has 1 aromatic heterocycles. The lowest BCUT2D eigenvalue weighted by Crippen LogP contribution is -2.12. The second-order valence-corrected chi connectivity index (χ2v) is 5.35. The monoisotopic (exact) mass is 309 g/mol. The van der Waals surface area contributed by atoms with Crippen molar-refractivity contribution in [3.05, 3.63) is 77.3 Å². The van der Waals surface area contributed by atoms with Gasteiger partial charge in [0.2, 0.25) is 0 Å². The van der Waals surface area contributed by atoms with Crippen LogP contribution in [0, 0.1) is 19.7 Å². The highest BCUT2D eigenvalue weighted by atomic mass is 19.1. The maximum atomic E-state index is 13.8. The zero-order chi connectivity index (χ0) is 16.4. The zero-order valence-electron chi connectivity index (χ0n) is 12.9. The fourth-order valence-corrected chi connectivity index (χ4v) is 2.34. The molecule has 23 heavy (non-hydrogen) atoms. The van der Waals surface area contributed by atoms with Gasteiger partial charge in [-0.2, -0.15) is 0 Å². The van der Waals surface area contributed by atoms with E-state index in [1.807, 2.05) is 32.0 Å². The molecule has 0 spiro atoms. The van der Waals surface area contributed by atoms with E-state index < -0.39 is 0 Å². The second kappa shape index (κ2) is 6.08. The molecule has 4 heteroatoms. The minimum absolute atomic E-state index is 0.143. The van der Waals surface area contributed by atoms with Gasteiger partial charge >= 0.3 is 0 Å². The van der Waals surface area contributed by atoms with Crippen LogP contribution < -0.4 is 5.32 Å². The van der Waals surface area contributed by atoms with Gasteiger partial charge in [0.1, 0.15) is 11.6 Å². The van der Waals surface area contributed by atoms with Gasteiger partial charge in [-0.05, 0) is 55.3 Å². The average Bonchev–Trinajstić information content (AvgIpc) is 3.02. The van der Waals surface area contributed by atoms with Crippen molar-refractivity contribution in [2.75, 3.05) is 5.32 Å². The quantitative estimate of drug-likeness (QED) is 0.743. The molecule has 0 atom stereocenters. The summed E-state index contributed by atoms with van der Waals surface area (Å²) in [6.07, 6.45) is 0. The van der Waals surface area contributed by atoms with E-state index in [9.17, 15) is 9.18 Å². The Balaban J connectivity index is 1.84. The molecular formula is C19H16FNO2. The number of hydrogen-bond acceptors (Lipinski definition) is 2. The maximum Gasteiger partial charge on any atom is 0.291 e. The number of nitrogens with one attached hydrogen (secondary N) is 1. The number of benzene rings is 2. The molecule has 0 saturated heterocycles. The second-order valence-electron chi connectivity index (χ2n) is 5.35. The summed E-state index contributed by atoms with van der Waals surface area (Å²) in [5.41, 5.74) is 3.16. The minimum atomic E-state index is -0.386. The first-order chi connectivity index (χ1) is 11.1. The smallest absolute Gasteiger partial charge is 0.291 e. The van der Waals surface area contributed by atoms with Crippen LogP contribution in [0.3, 0.4) is 0 Å². The van der Waals surface area contributed by atoms with E-state index in [2.05, 4.69) is 5.32 Å². The third-order valence-electron chi connectivity index (χ3n) is 3.82. The summed E-state index contributed by atoms with van der Waals surface area (Å²) in [5.74, 6) is -0.275. The Morgan fingerprint density at radius 2 is 1.78 bits per heavy atom. The molecule has 3 aromatic rings. The number of rotatable bonds is 3. The minimum Gasteiger partial charge on any atom is -0.451 e. The zero-order valence-corrected chi connectivity index (χ0v) is 12.9. The third kappa shape index (κ3) is 3.01. The molecule has 1 N–H and O–H groups in total. The molecule has 0 fully saturated rings. The van der Waals surface area contributed by atoms with Crippen LogP contribution in [0.25, 0.3) is 11.3 Å². The standard InChI is InChI=1S/C19H16FNO2/c1-12-6-5-9-16(13(12)2)21-19(22)18-11-10-17(23-18)14-7-3-4-8-15(14)20/h3-11H,1-2H3,(H,21,22). The summed E-state index contributed by atoms with van der Waals surface area (Å²) >= 11 is 0. The highest BCUT2D eigenvalue weighted by molar-refractivity contribution is 6.03. The van der Waals surface area contributed by atoms with E-state index in [0.717, 1.165) is 16.8 Å². The van der Waals surface area contributed by atoms with Crippen LogP contribution in [0.5, 0.6) is 0 Å². The molecule has 2 aromatic carbocycles. The van der Waals surface area contributed by atoms with E-state index >= 15 is 0 Å². The van der Waals surface area contributed by atoms with E-state index in [1.165, 1.54) is 6.07 Å². The number of halogens is 1. The largest absolute Gasteiger partial charge is 0.451 e. The topological polar surface area (TPSA) is 42.2 Å². The first-order valence-corrected chi connectivity index (χ1v) is 7.28. The number of aryl methyl sites for hydroxylation is 1. The summed E-state index contributed by atoms with van der Waals surface area (Å²) in [6.45, 7) is 3.92. The van der Waals surface area contributed by atoms with Crippen molar-refractivity contribution >= 4 is 11.6 Å².